The fraction of sp³-hybridized carbons (Fsp3) is 0.667. The third-order valence-corrected chi connectivity index (χ3v) is 3.24. The number of anilines is 1. The van der Waals surface area contributed by atoms with Gasteiger partial charge < -0.3 is 10.2 Å². The van der Waals surface area contributed by atoms with E-state index in [-0.39, 0.29) is 0 Å². The van der Waals surface area contributed by atoms with Gasteiger partial charge in [0.05, 0.1) is 5.69 Å². The van der Waals surface area contributed by atoms with Crippen molar-refractivity contribution in [3.63, 3.8) is 0 Å². The zero-order chi connectivity index (χ0) is 13.5. The first-order valence-electron chi connectivity index (χ1n) is 6.93. The number of pyridine rings is 1. The summed E-state index contributed by atoms with van der Waals surface area (Å²) in [5, 5.41) is 3.31. The van der Waals surface area contributed by atoms with Gasteiger partial charge in [-0.2, -0.15) is 0 Å². The molecule has 18 heavy (non-hydrogen) atoms. The lowest BCUT2D eigenvalue weighted by Crippen LogP contribution is -2.30. The van der Waals surface area contributed by atoms with Crippen LogP contribution in [0.4, 0.5) is 5.69 Å². The molecule has 0 aliphatic rings. The van der Waals surface area contributed by atoms with Crippen molar-refractivity contribution in [3.05, 3.63) is 24.0 Å². The maximum Gasteiger partial charge on any atom is 0.0562 e. The quantitative estimate of drug-likeness (QED) is 0.805. The molecule has 0 radical (unpaired) electrons. The van der Waals surface area contributed by atoms with Crippen LogP contribution in [0.5, 0.6) is 0 Å². The highest BCUT2D eigenvalue weighted by Crippen LogP contribution is 2.19. The molecule has 0 fully saturated rings. The molecule has 0 bridgehead atoms. The van der Waals surface area contributed by atoms with Gasteiger partial charge in [-0.1, -0.05) is 20.8 Å². The normalized spacial score (nSPS) is 12.8. The van der Waals surface area contributed by atoms with E-state index in [0.29, 0.717) is 6.04 Å². The van der Waals surface area contributed by atoms with Gasteiger partial charge in [-0.05, 0) is 37.9 Å². The summed E-state index contributed by atoms with van der Waals surface area (Å²) in [5.41, 5.74) is 2.36. The van der Waals surface area contributed by atoms with Crippen molar-refractivity contribution in [1.82, 2.24) is 10.3 Å². The molecule has 3 heteroatoms. The van der Waals surface area contributed by atoms with Crippen LogP contribution >= 0.6 is 0 Å². The summed E-state index contributed by atoms with van der Waals surface area (Å²) in [5.74, 6) is 0.727. The van der Waals surface area contributed by atoms with Gasteiger partial charge in [0.2, 0.25) is 0 Å². The van der Waals surface area contributed by atoms with Crippen molar-refractivity contribution >= 4 is 5.69 Å². The van der Waals surface area contributed by atoms with Crippen molar-refractivity contribution in [1.29, 1.82) is 0 Å². The summed E-state index contributed by atoms with van der Waals surface area (Å²) in [6.45, 7) is 10.8. The van der Waals surface area contributed by atoms with Crippen LogP contribution in [0.15, 0.2) is 18.3 Å². The van der Waals surface area contributed by atoms with E-state index in [1.807, 2.05) is 6.20 Å². The molecule has 1 aromatic heterocycles. The predicted molar refractivity (Wildman–Crippen MR) is 78.9 cm³/mol. The zero-order valence-electron chi connectivity index (χ0n) is 12.4. The molecule has 0 spiro atoms. The lowest BCUT2D eigenvalue weighted by Gasteiger charge is -2.28. The van der Waals surface area contributed by atoms with Crippen LogP contribution in [-0.2, 0) is 6.54 Å². The molecule has 1 rings (SSSR count). The summed E-state index contributed by atoms with van der Waals surface area (Å²) in [7, 11) is 2.17. The van der Waals surface area contributed by atoms with Crippen LogP contribution < -0.4 is 10.2 Å². The third kappa shape index (κ3) is 4.65. The second-order valence-electron chi connectivity index (χ2n) is 5.38. The average Bonchev–Trinajstić information content (AvgIpc) is 2.35. The van der Waals surface area contributed by atoms with E-state index in [0.717, 1.165) is 24.7 Å². The zero-order valence-corrected chi connectivity index (χ0v) is 12.4. The van der Waals surface area contributed by atoms with Crippen molar-refractivity contribution < 1.29 is 0 Å². The van der Waals surface area contributed by atoms with Gasteiger partial charge in [-0.15, -0.1) is 0 Å². The van der Waals surface area contributed by atoms with E-state index in [1.54, 1.807) is 0 Å². The Labute approximate surface area is 112 Å². The topological polar surface area (TPSA) is 28.2 Å². The lowest BCUT2D eigenvalue weighted by atomic mass is 10.0. The maximum absolute atomic E-state index is 4.39. The standard InChI is InChI=1S/C15H27N3/c1-6-16-11-14-10-15(7-8-17-14)18(5)13(4)9-12(2)3/h7-8,10,12-13,16H,6,9,11H2,1-5H3. The fourth-order valence-electron chi connectivity index (χ4n) is 2.13. The molecule has 1 atom stereocenters. The molecule has 1 heterocycles. The molecule has 0 aliphatic carbocycles. The van der Waals surface area contributed by atoms with Gasteiger partial charge >= 0.3 is 0 Å². The maximum atomic E-state index is 4.39. The molecule has 0 amide bonds. The van der Waals surface area contributed by atoms with Gasteiger partial charge in [0.1, 0.15) is 0 Å². The number of hydrogen-bond acceptors (Lipinski definition) is 3. The highest BCUT2D eigenvalue weighted by atomic mass is 15.1. The molecule has 0 saturated heterocycles. The van der Waals surface area contributed by atoms with Gasteiger partial charge in [-0.3, -0.25) is 4.98 Å². The van der Waals surface area contributed by atoms with E-state index in [2.05, 4.69) is 62.1 Å². The molecule has 1 N–H and O–H groups in total. The van der Waals surface area contributed by atoms with Crippen LogP contribution in [0.2, 0.25) is 0 Å². The molecule has 102 valence electrons. The molecular weight excluding hydrogens is 222 g/mol. The molecule has 0 aliphatic heterocycles. The van der Waals surface area contributed by atoms with Gasteiger partial charge in [0, 0.05) is 31.5 Å². The van der Waals surface area contributed by atoms with Gasteiger partial charge in [0.15, 0.2) is 0 Å². The van der Waals surface area contributed by atoms with Crippen LogP contribution in [0.25, 0.3) is 0 Å². The SMILES string of the molecule is CCNCc1cc(N(C)C(C)CC(C)C)ccn1. The Balaban J connectivity index is 2.69. The van der Waals surface area contributed by atoms with Crippen molar-refractivity contribution in [2.24, 2.45) is 5.92 Å². The third-order valence-electron chi connectivity index (χ3n) is 3.24. The van der Waals surface area contributed by atoms with Gasteiger partial charge in [0.25, 0.3) is 0 Å². The number of nitrogens with zero attached hydrogens (tertiary/aromatic N) is 2. The summed E-state index contributed by atoms with van der Waals surface area (Å²) < 4.78 is 0. The lowest BCUT2D eigenvalue weighted by molar-refractivity contribution is 0.504. The summed E-state index contributed by atoms with van der Waals surface area (Å²) in [4.78, 5) is 6.73. The minimum Gasteiger partial charge on any atom is -0.372 e. The Morgan fingerprint density at radius 1 is 1.33 bits per heavy atom. The largest absolute Gasteiger partial charge is 0.372 e. The number of hydrogen-bond donors (Lipinski definition) is 1. The second-order valence-corrected chi connectivity index (χ2v) is 5.38. The van der Waals surface area contributed by atoms with Crippen molar-refractivity contribution in [3.8, 4) is 0 Å². The van der Waals surface area contributed by atoms with Gasteiger partial charge in [-0.25, -0.2) is 0 Å². The molecule has 1 aromatic rings. The Bertz CT molecular complexity index is 349. The molecular formula is C15H27N3. The average molecular weight is 249 g/mol. The minimum absolute atomic E-state index is 0.555. The minimum atomic E-state index is 0.555. The van der Waals surface area contributed by atoms with Crippen LogP contribution in [0.3, 0.4) is 0 Å². The molecule has 3 nitrogen and oxygen atoms in total. The number of aromatic nitrogens is 1. The summed E-state index contributed by atoms with van der Waals surface area (Å²) in [6.07, 6.45) is 3.11. The van der Waals surface area contributed by atoms with E-state index >= 15 is 0 Å². The Hall–Kier alpha value is -1.09. The van der Waals surface area contributed by atoms with Crippen LogP contribution in [-0.4, -0.2) is 24.6 Å². The smallest absolute Gasteiger partial charge is 0.0562 e. The molecule has 1 unspecified atom stereocenters. The van der Waals surface area contributed by atoms with E-state index in [9.17, 15) is 0 Å². The second kappa shape index (κ2) is 7.37. The summed E-state index contributed by atoms with van der Waals surface area (Å²) >= 11 is 0. The molecule has 0 aromatic carbocycles. The molecule has 0 saturated carbocycles. The highest BCUT2D eigenvalue weighted by Gasteiger charge is 2.12. The number of nitrogens with one attached hydrogen (secondary N) is 1. The first-order chi connectivity index (χ1) is 8.54. The first-order valence-corrected chi connectivity index (χ1v) is 6.93. The number of rotatable bonds is 7. The van der Waals surface area contributed by atoms with E-state index in [4.69, 9.17) is 0 Å². The van der Waals surface area contributed by atoms with Crippen molar-refractivity contribution in [2.45, 2.75) is 46.7 Å². The monoisotopic (exact) mass is 249 g/mol. The summed E-state index contributed by atoms with van der Waals surface area (Å²) in [6, 6.07) is 4.82. The van der Waals surface area contributed by atoms with Crippen LogP contribution in [0.1, 0.15) is 39.8 Å². The Kier molecular flexibility index (Phi) is 6.13. The first kappa shape index (κ1) is 15.0. The highest BCUT2D eigenvalue weighted by molar-refractivity contribution is 5.46. The fourth-order valence-corrected chi connectivity index (χ4v) is 2.13. The van der Waals surface area contributed by atoms with Crippen LogP contribution in [0, 0.1) is 5.92 Å². The Morgan fingerprint density at radius 3 is 2.67 bits per heavy atom. The van der Waals surface area contributed by atoms with E-state index in [1.165, 1.54) is 12.1 Å². The van der Waals surface area contributed by atoms with Crippen molar-refractivity contribution in [2.75, 3.05) is 18.5 Å². The van der Waals surface area contributed by atoms with E-state index < -0.39 is 0 Å². The predicted octanol–water partition coefficient (Wildman–Crippen LogP) is 3.06. The Morgan fingerprint density at radius 2 is 2.06 bits per heavy atom.